The van der Waals surface area contributed by atoms with E-state index in [1.54, 1.807) is 0 Å². The van der Waals surface area contributed by atoms with Crippen LogP contribution in [0.15, 0.2) is 121 Å². The van der Waals surface area contributed by atoms with Crippen molar-refractivity contribution in [3.63, 3.8) is 0 Å². The maximum absolute atomic E-state index is 8.36. The van der Waals surface area contributed by atoms with Crippen LogP contribution in [0, 0.1) is 11.8 Å². The first kappa shape index (κ1) is 46.2. The monoisotopic (exact) mass is 913 g/mol. The van der Waals surface area contributed by atoms with E-state index in [0.717, 1.165) is 18.7 Å². The summed E-state index contributed by atoms with van der Waals surface area (Å²) in [7, 11) is -6.55. The molecule has 2 fully saturated rings. The van der Waals surface area contributed by atoms with E-state index in [2.05, 4.69) is 162 Å². The zero-order valence-corrected chi connectivity index (χ0v) is 41.5. The Labute approximate surface area is 374 Å². The Balaban J connectivity index is 0.000000238. The van der Waals surface area contributed by atoms with Crippen molar-refractivity contribution in [1.82, 2.24) is 4.67 Å². The zero-order valence-electron chi connectivity index (χ0n) is 39.0. The maximum atomic E-state index is 8.36. The molecule has 4 aromatic rings. The molecule has 0 amide bonds. The van der Waals surface area contributed by atoms with Crippen molar-refractivity contribution in [3.8, 4) is 0 Å². The van der Waals surface area contributed by atoms with Gasteiger partial charge in [0.1, 0.15) is 15.8 Å². The molecule has 328 valence electrons. The number of hydrogen-bond donors (Lipinski definition) is 0. The zero-order chi connectivity index (χ0) is 44.7. The van der Waals surface area contributed by atoms with Crippen LogP contribution in [0.4, 0.5) is 0 Å². The Kier molecular flexibility index (Phi) is 19.1. The highest BCUT2D eigenvalue weighted by Crippen LogP contribution is 2.48. The fourth-order valence-corrected chi connectivity index (χ4v) is 18.3. The van der Waals surface area contributed by atoms with Gasteiger partial charge in [-0.3, -0.25) is 4.67 Å². The highest BCUT2D eigenvalue weighted by molar-refractivity contribution is 7.80. The van der Waals surface area contributed by atoms with E-state index >= 15 is 0 Å². The van der Waals surface area contributed by atoms with Gasteiger partial charge in [-0.2, -0.15) is 0 Å². The van der Waals surface area contributed by atoms with Crippen LogP contribution >= 0.6 is 27.0 Å². The van der Waals surface area contributed by atoms with E-state index in [9.17, 15) is 0 Å². The molecular formula is C48H70ClNO6P2Si2. The molecule has 2 saturated heterocycles. The summed E-state index contributed by atoms with van der Waals surface area (Å²) >= 11 is 6.35. The molecule has 7 nitrogen and oxygen atoms in total. The summed E-state index contributed by atoms with van der Waals surface area (Å²) in [5, 5.41) is 4.96. The van der Waals surface area contributed by atoms with Crippen molar-refractivity contribution in [1.29, 1.82) is 0 Å². The Morgan fingerprint density at radius 3 is 1.30 bits per heavy atom. The number of rotatable bonds is 21. The molecule has 0 saturated carbocycles. The van der Waals surface area contributed by atoms with E-state index in [4.69, 9.17) is 41.4 Å². The van der Waals surface area contributed by atoms with Crippen molar-refractivity contribution >= 4 is 64.4 Å². The highest BCUT2D eigenvalue weighted by Gasteiger charge is 2.40. The van der Waals surface area contributed by atoms with Crippen LogP contribution in [0.25, 0.3) is 0 Å². The van der Waals surface area contributed by atoms with E-state index in [-0.39, 0.29) is 24.0 Å². The fraction of sp³-hybridized carbons (Fsp3) is 0.500. The molecule has 0 N–H and O–H groups in total. The van der Waals surface area contributed by atoms with Gasteiger partial charge in [-0.1, -0.05) is 133 Å². The topological polar surface area (TPSA) is 58.6 Å². The predicted molar refractivity (Wildman–Crippen MR) is 260 cm³/mol. The third-order valence-electron chi connectivity index (χ3n) is 11.4. The highest BCUT2D eigenvalue weighted by atomic mass is 35.7. The van der Waals surface area contributed by atoms with E-state index in [1.165, 1.54) is 20.7 Å². The molecule has 8 atom stereocenters. The van der Waals surface area contributed by atoms with Crippen LogP contribution in [0.2, 0.25) is 13.1 Å². The van der Waals surface area contributed by atoms with Crippen molar-refractivity contribution in [2.24, 2.45) is 11.8 Å². The maximum Gasteiger partial charge on any atom is 0.252 e. The lowest BCUT2D eigenvalue weighted by Crippen LogP contribution is -2.59. The van der Waals surface area contributed by atoms with Gasteiger partial charge in [-0.25, -0.2) is 0 Å². The number of hydrogen-bond acceptors (Lipinski definition) is 7. The minimum absolute atomic E-state index is 0.0895. The van der Waals surface area contributed by atoms with Gasteiger partial charge >= 0.3 is 0 Å². The minimum Gasteiger partial charge on any atom is -0.406 e. The quantitative estimate of drug-likeness (QED) is 0.0610. The van der Waals surface area contributed by atoms with Gasteiger partial charge in [0.15, 0.2) is 0 Å². The molecule has 2 aliphatic heterocycles. The van der Waals surface area contributed by atoms with Crippen molar-refractivity contribution in [2.45, 2.75) is 91.8 Å². The number of halogens is 1. The summed E-state index contributed by atoms with van der Waals surface area (Å²) in [6.45, 7) is 18.8. The smallest absolute Gasteiger partial charge is 0.252 e. The van der Waals surface area contributed by atoms with Gasteiger partial charge in [0.2, 0.25) is 0 Å². The molecular weight excluding hydrogens is 840 g/mol. The Hall–Kier alpha value is -1.82. The third kappa shape index (κ3) is 13.6. The summed E-state index contributed by atoms with van der Waals surface area (Å²) in [6.07, 6.45) is 2.86. The second kappa shape index (κ2) is 24.9. The summed E-state index contributed by atoms with van der Waals surface area (Å²) in [5.74, 6) is 0.451. The lowest BCUT2D eigenvalue weighted by atomic mass is 10.1. The molecule has 0 bridgehead atoms. The van der Waals surface area contributed by atoms with Crippen LogP contribution in [0.5, 0.6) is 0 Å². The first-order valence-corrected chi connectivity index (χ1v) is 30.3. The van der Waals surface area contributed by atoms with Gasteiger partial charge in [-0.05, 0) is 100 Å². The van der Waals surface area contributed by atoms with Gasteiger partial charge in [-0.15, -0.1) is 0 Å². The lowest BCUT2D eigenvalue weighted by molar-refractivity contribution is 0.0503. The summed E-state index contributed by atoms with van der Waals surface area (Å²) < 4.78 is 56.3. The number of benzene rings is 4. The summed E-state index contributed by atoms with van der Waals surface area (Å²) in [6, 6.07) is 42.9. The SMILES string of the molecule is [3H][C@H]1C[C@H](CP(Cl)OCC)[C@@H](CO[Si](C)(c2ccccc2)c2ccccc2)O1.[3H][C@H]1C[C@H](CP(OCC)N(C(C)C)C(C)C)[C@@H](CO[Si](C)(c2ccccc2)c2ccccc2)O1. The van der Waals surface area contributed by atoms with Crippen LogP contribution in [-0.4, -0.2) is 97.5 Å². The second-order valence-corrected chi connectivity index (χ2v) is 27.5. The van der Waals surface area contributed by atoms with Crippen molar-refractivity contribution in [3.05, 3.63) is 121 Å². The largest absolute Gasteiger partial charge is 0.406 e. The molecule has 12 heteroatoms. The van der Waals surface area contributed by atoms with Gasteiger partial charge in [0, 0.05) is 50.8 Å². The molecule has 2 heterocycles. The molecule has 2 unspecified atom stereocenters. The average Bonchev–Trinajstić information content (AvgIpc) is 3.81. The van der Waals surface area contributed by atoms with E-state index in [1.807, 2.05) is 19.1 Å². The first-order chi connectivity index (χ1) is 29.8. The van der Waals surface area contributed by atoms with Gasteiger partial charge < -0.3 is 27.4 Å². The molecule has 0 aromatic heterocycles. The lowest BCUT2D eigenvalue weighted by Gasteiger charge is -2.39. The van der Waals surface area contributed by atoms with Crippen LogP contribution in [-0.2, 0) is 27.4 Å². The molecule has 6 rings (SSSR count). The van der Waals surface area contributed by atoms with Crippen LogP contribution < -0.4 is 20.7 Å². The third-order valence-corrected chi connectivity index (χ3v) is 23.4. The fourth-order valence-electron chi connectivity index (χ4n) is 8.11. The number of ether oxygens (including phenoxy) is 2. The molecule has 0 spiro atoms. The van der Waals surface area contributed by atoms with Crippen LogP contribution in [0.1, 0.15) is 57.1 Å². The summed E-state index contributed by atoms with van der Waals surface area (Å²) in [4.78, 5) is 0. The van der Waals surface area contributed by atoms with E-state index in [0.29, 0.717) is 44.9 Å². The summed E-state index contributed by atoms with van der Waals surface area (Å²) in [5.41, 5.74) is 0. The predicted octanol–water partition coefficient (Wildman–Crippen LogP) is 9.65. The Morgan fingerprint density at radius 2 is 0.967 bits per heavy atom. The Bertz CT molecular complexity index is 1760. The molecule has 4 aromatic carbocycles. The molecule has 2 aliphatic rings. The number of nitrogens with zero attached hydrogens (tertiary/aromatic N) is 1. The van der Waals surface area contributed by atoms with Crippen LogP contribution in [0.3, 0.4) is 0 Å². The van der Waals surface area contributed by atoms with Gasteiger partial charge in [0.25, 0.3) is 16.6 Å². The normalized spacial score (nSPS) is 23.6. The second-order valence-electron chi connectivity index (χ2n) is 16.3. The minimum atomic E-state index is -2.41. The van der Waals surface area contributed by atoms with Gasteiger partial charge in [0.05, 0.1) is 28.2 Å². The van der Waals surface area contributed by atoms with Crippen molar-refractivity contribution in [2.75, 3.05) is 51.9 Å². The Morgan fingerprint density at radius 1 is 0.617 bits per heavy atom. The first-order valence-electron chi connectivity index (χ1n) is 22.8. The molecule has 0 aliphatic carbocycles. The standard InChI is InChI=1S/C27H42NO3PSi.C21H28ClO3PSi/c1-7-30-32(28(22(2)3)23(4)5)21-24-18-19-29-27(24)20-31-33(6,25-14-10-8-11-15-25)26-16-12-9-13-17-26;1-3-24-26(22)17-18-14-15-23-21(18)16-25-27(2,19-10-6-4-7-11-19)20-12-8-5-9-13-20/h8-17,22-24,27H,7,18-21H2,1-6H3;4-13,18,21H,3,14-17H2,1-2H3/t24-,27-,32?;18-,21-,26?/m11/s1/i19T;15T/t19-,24+,27+,32?;15-,18+,21+,26?/m00. The van der Waals surface area contributed by atoms with E-state index < -0.39 is 45.6 Å². The molecule has 60 heavy (non-hydrogen) atoms. The van der Waals surface area contributed by atoms with Crippen molar-refractivity contribution < 1.29 is 30.1 Å². The average molecular weight is 915 g/mol. The molecule has 0 radical (unpaired) electrons.